The first-order valence-electron chi connectivity index (χ1n) is 9.40. The van der Waals surface area contributed by atoms with Gasteiger partial charge in [-0.1, -0.05) is 18.2 Å². The number of likely N-dealkylation sites (tertiary alicyclic amines) is 1. The summed E-state index contributed by atoms with van der Waals surface area (Å²) in [5.41, 5.74) is 1.25. The summed E-state index contributed by atoms with van der Waals surface area (Å²) < 4.78 is 5.11. The fourth-order valence-electron chi connectivity index (χ4n) is 3.25. The Balaban J connectivity index is 1.50. The summed E-state index contributed by atoms with van der Waals surface area (Å²) in [7, 11) is 1.58. The molecule has 0 unspecified atom stereocenters. The summed E-state index contributed by atoms with van der Waals surface area (Å²) in [6, 6.07) is 14.9. The zero-order valence-corrected chi connectivity index (χ0v) is 16.2. The van der Waals surface area contributed by atoms with Gasteiger partial charge in [-0.3, -0.25) is 19.8 Å². The first-order chi connectivity index (χ1) is 14.0. The van der Waals surface area contributed by atoms with Crippen molar-refractivity contribution in [2.24, 2.45) is 0 Å². The summed E-state index contributed by atoms with van der Waals surface area (Å²) in [4.78, 5) is 38.6. The van der Waals surface area contributed by atoms with Gasteiger partial charge in [0.1, 0.15) is 5.75 Å². The number of nitrogens with one attached hydrogen (secondary N) is 3. The average Bonchev–Trinajstić information content (AvgIpc) is 3.17. The van der Waals surface area contributed by atoms with Crippen LogP contribution in [0.25, 0.3) is 0 Å². The van der Waals surface area contributed by atoms with Crippen molar-refractivity contribution in [1.29, 1.82) is 0 Å². The van der Waals surface area contributed by atoms with Crippen molar-refractivity contribution in [2.45, 2.75) is 18.9 Å². The molecular formula is C21H24N4O4. The van der Waals surface area contributed by atoms with E-state index in [0.717, 1.165) is 6.42 Å². The number of nitrogens with zero attached hydrogens (tertiary/aromatic N) is 1. The van der Waals surface area contributed by atoms with Crippen molar-refractivity contribution in [2.75, 3.05) is 30.8 Å². The monoisotopic (exact) mass is 396 g/mol. The van der Waals surface area contributed by atoms with Crippen LogP contribution in [0.4, 0.5) is 16.2 Å². The van der Waals surface area contributed by atoms with Gasteiger partial charge in [0, 0.05) is 11.4 Å². The van der Waals surface area contributed by atoms with E-state index in [2.05, 4.69) is 16.0 Å². The van der Waals surface area contributed by atoms with Gasteiger partial charge in [-0.15, -0.1) is 0 Å². The number of amides is 4. The summed E-state index contributed by atoms with van der Waals surface area (Å²) in [6.07, 6.45) is 1.47. The van der Waals surface area contributed by atoms with Crippen molar-refractivity contribution in [3.63, 3.8) is 0 Å². The third-order valence-corrected chi connectivity index (χ3v) is 4.66. The summed E-state index contributed by atoms with van der Waals surface area (Å²) >= 11 is 0. The van der Waals surface area contributed by atoms with Gasteiger partial charge in [0.15, 0.2) is 0 Å². The molecule has 152 valence electrons. The van der Waals surface area contributed by atoms with Crippen LogP contribution in [-0.4, -0.2) is 49.0 Å². The number of urea groups is 1. The van der Waals surface area contributed by atoms with E-state index < -0.39 is 18.0 Å². The Bertz CT molecular complexity index is 855. The lowest BCUT2D eigenvalue weighted by molar-refractivity contribution is -0.124. The lowest BCUT2D eigenvalue weighted by atomic mass is 10.2. The average molecular weight is 396 g/mol. The first kappa shape index (κ1) is 20.3. The summed E-state index contributed by atoms with van der Waals surface area (Å²) in [5.74, 6) is 0.0766. The largest absolute Gasteiger partial charge is 0.497 e. The molecule has 1 aliphatic rings. The van der Waals surface area contributed by atoms with Crippen LogP contribution < -0.4 is 20.7 Å². The highest BCUT2D eigenvalue weighted by atomic mass is 16.5. The molecule has 0 saturated carbocycles. The molecule has 1 atom stereocenters. The minimum absolute atomic E-state index is 0.0249. The molecule has 2 aromatic carbocycles. The topological polar surface area (TPSA) is 99.8 Å². The molecule has 2 aromatic rings. The Morgan fingerprint density at radius 2 is 1.69 bits per heavy atom. The van der Waals surface area contributed by atoms with Gasteiger partial charge < -0.3 is 15.4 Å². The Kier molecular flexibility index (Phi) is 6.80. The number of carbonyl (C=O) groups is 3. The maximum absolute atomic E-state index is 12.6. The molecule has 29 heavy (non-hydrogen) atoms. The maximum Gasteiger partial charge on any atom is 0.325 e. The van der Waals surface area contributed by atoms with E-state index in [1.54, 1.807) is 60.5 Å². The van der Waals surface area contributed by atoms with E-state index in [4.69, 9.17) is 4.74 Å². The van der Waals surface area contributed by atoms with Crippen molar-refractivity contribution < 1.29 is 19.1 Å². The fourth-order valence-corrected chi connectivity index (χ4v) is 3.25. The molecule has 1 aliphatic heterocycles. The van der Waals surface area contributed by atoms with Crippen LogP contribution in [0.15, 0.2) is 54.6 Å². The molecule has 4 amide bonds. The normalized spacial score (nSPS) is 16.1. The van der Waals surface area contributed by atoms with Crippen molar-refractivity contribution in [3.05, 3.63) is 54.6 Å². The van der Waals surface area contributed by atoms with Crippen LogP contribution in [0.1, 0.15) is 12.8 Å². The fraction of sp³-hybridized carbons (Fsp3) is 0.286. The van der Waals surface area contributed by atoms with Crippen LogP contribution in [0, 0.1) is 0 Å². The minimum atomic E-state index is -0.598. The van der Waals surface area contributed by atoms with Gasteiger partial charge in [0.2, 0.25) is 11.8 Å². The summed E-state index contributed by atoms with van der Waals surface area (Å²) in [6.45, 7) is 0.595. The number of para-hydroxylation sites is 1. The second-order valence-corrected chi connectivity index (χ2v) is 6.71. The zero-order valence-electron chi connectivity index (χ0n) is 16.2. The highest BCUT2D eigenvalue weighted by molar-refractivity contribution is 6.02. The number of rotatable bonds is 6. The predicted octanol–water partition coefficient (Wildman–Crippen LogP) is 2.45. The van der Waals surface area contributed by atoms with Crippen molar-refractivity contribution in [3.8, 4) is 5.75 Å². The number of hydrogen-bond acceptors (Lipinski definition) is 5. The van der Waals surface area contributed by atoms with Crippen LogP contribution in [0.3, 0.4) is 0 Å². The minimum Gasteiger partial charge on any atom is -0.497 e. The molecule has 0 radical (unpaired) electrons. The Hall–Kier alpha value is -3.39. The lowest BCUT2D eigenvalue weighted by Crippen LogP contribution is -2.46. The Morgan fingerprint density at radius 3 is 2.38 bits per heavy atom. The molecule has 8 heteroatoms. The van der Waals surface area contributed by atoms with E-state index in [9.17, 15) is 14.4 Å². The number of carbonyl (C=O) groups excluding carboxylic acids is 3. The zero-order chi connectivity index (χ0) is 20.6. The number of anilines is 2. The molecule has 0 bridgehead atoms. The molecule has 0 spiro atoms. The molecule has 0 aromatic heterocycles. The van der Waals surface area contributed by atoms with Gasteiger partial charge in [0.25, 0.3) is 0 Å². The van der Waals surface area contributed by atoms with Crippen LogP contribution in [0.2, 0.25) is 0 Å². The molecule has 0 aliphatic carbocycles. The lowest BCUT2D eigenvalue weighted by Gasteiger charge is -2.23. The van der Waals surface area contributed by atoms with E-state index in [1.807, 2.05) is 6.07 Å². The Labute approximate surface area is 169 Å². The van der Waals surface area contributed by atoms with Crippen molar-refractivity contribution >= 4 is 29.2 Å². The van der Waals surface area contributed by atoms with E-state index in [0.29, 0.717) is 30.1 Å². The molecule has 8 nitrogen and oxygen atoms in total. The molecular weight excluding hydrogens is 372 g/mol. The second kappa shape index (κ2) is 9.70. The van der Waals surface area contributed by atoms with Crippen LogP contribution in [0.5, 0.6) is 5.75 Å². The number of benzene rings is 2. The summed E-state index contributed by atoms with van der Waals surface area (Å²) in [5, 5.41) is 7.76. The SMILES string of the molecule is COc1ccc(NC(=O)[C@H]2CCCN2CC(=O)NC(=O)Nc2ccccc2)cc1. The number of methoxy groups -OCH3 is 1. The first-order valence-corrected chi connectivity index (χ1v) is 9.40. The number of imide groups is 1. The smallest absolute Gasteiger partial charge is 0.325 e. The third-order valence-electron chi connectivity index (χ3n) is 4.66. The molecule has 1 fully saturated rings. The van der Waals surface area contributed by atoms with Gasteiger partial charge in [-0.05, 0) is 55.8 Å². The van der Waals surface area contributed by atoms with E-state index in [1.165, 1.54) is 0 Å². The van der Waals surface area contributed by atoms with E-state index in [-0.39, 0.29) is 12.5 Å². The van der Waals surface area contributed by atoms with Crippen molar-refractivity contribution in [1.82, 2.24) is 10.2 Å². The van der Waals surface area contributed by atoms with Crippen LogP contribution in [-0.2, 0) is 9.59 Å². The molecule has 3 N–H and O–H groups in total. The van der Waals surface area contributed by atoms with Gasteiger partial charge in [-0.25, -0.2) is 4.79 Å². The Morgan fingerprint density at radius 1 is 1.00 bits per heavy atom. The molecule has 3 rings (SSSR count). The maximum atomic E-state index is 12.6. The highest BCUT2D eigenvalue weighted by Gasteiger charge is 2.32. The standard InChI is InChI=1S/C21H24N4O4/c1-29-17-11-9-16(10-12-17)22-20(27)18-8-5-13-25(18)14-19(26)24-21(28)23-15-6-3-2-4-7-15/h2-4,6-7,9-12,18H,5,8,13-14H2,1H3,(H,22,27)(H2,23,24,26,28)/t18-/m1/s1. The molecule has 1 saturated heterocycles. The highest BCUT2D eigenvalue weighted by Crippen LogP contribution is 2.20. The molecule has 1 heterocycles. The van der Waals surface area contributed by atoms with Crippen LogP contribution >= 0.6 is 0 Å². The van der Waals surface area contributed by atoms with Gasteiger partial charge >= 0.3 is 6.03 Å². The van der Waals surface area contributed by atoms with Gasteiger partial charge in [-0.2, -0.15) is 0 Å². The number of ether oxygens (including phenoxy) is 1. The number of hydrogen-bond donors (Lipinski definition) is 3. The quantitative estimate of drug-likeness (QED) is 0.697. The van der Waals surface area contributed by atoms with E-state index >= 15 is 0 Å². The predicted molar refractivity (Wildman–Crippen MR) is 110 cm³/mol. The van der Waals surface area contributed by atoms with Gasteiger partial charge in [0.05, 0.1) is 19.7 Å². The second-order valence-electron chi connectivity index (χ2n) is 6.71. The third kappa shape index (κ3) is 5.79.